The van der Waals surface area contributed by atoms with E-state index in [1.807, 2.05) is 36.4 Å². The zero-order valence-corrected chi connectivity index (χ0v) is 10.4. The van der Waals surface area contributed by atoms with E-state index in [1.165, 1.54) is 0 Å². The highest BCUT2D eigenvalue weighted by atomic mass is 35.5. The van der Waals surface area contributed by atoms with Crippen LogP contribution >= 0.6 is 11.6 Å². The lowest BCUT2D eigenvalue weighted by molar-refractivity contribution is 0.597. The Kier molecular flexibility index (Phi) is 3.80. The zero-order valence-electron chi connectivity index (χ0n) is 9.66. The predicted molar refractivity (Wildman–Crippen MR) is 69.9 cm³/mol. The van der Waals surface area contributed by atoms with Crippen LogP contribution in [0.4, 0.5) is 4.39 Å². The van der Waals surface area contributed by atoms with Gasteiger partial charge in [-0.2, -0.15) is 0 Å². The van der Waals surface area contributed by atoms with E-state index in [-0.39, 0.29) is 11.2 Å². The van der Waals surface area contributed by atoms with Crippen LogP contribution in [0.2, 0.25) is 0 Å². The standard InChI is InChI=1S/C15H14ClF/c1-11-6-5-9-13(15(11)17)14(16)10-12-7-3-2-4-8-12/h2-9,14H,10H2,1H3. The molecule has 0 saturated carbocycles. The average Bonchev–Trinajstić information content (AvgIpc) is 2.34. The Morgan fingerprint density at radius 1 is 1.06 bits per heavy atom. The topological polar surface area (TPSA) is 0 Å². The van der Waals surface area contributed by atoms with Crippen LogP contribution < -0.4 is 0 Å². The molecule has 88 valence electrons. The second-order valence-corrected chi connectivity index (χ2v) is 4.66. The van der Waals surface area contributed by atoms with Gasteiger partial charge in [-0.1, -0.05) is 48.5 Å². The summed E-state index contributed by atoms with van der Waals surface area (Å²) < 4.78 is 13.9. The first-order valence-corrected chi connectivity index (χ1v) is 6.05. The molecule has 2 rings (SSSR count). The van der Waals surface area contributed by atoms with E-state index in [0.717, 1.165) is 5.56 Å². The lowest BCUT2D eigenvalue weighted by Gasteiger charge is -2.12. The maximum absolute atomic E-state index is 13.9. The Morgan fingerprint density at radius 2 is 1.76 bits per heavy atom. The van der Waals surface area contributed by atoms with Crippen molar-refractivity contribution in [2.75, 3.05) is 0 Å². The van der Waals surface area contributed by atoms with Crippen LogP contribution in [0.15, 0.2) is 48.5 Å². The molecule has 1 atom stereocenters. The first-order chi connectivity index (χ1) is 8.18. The minimum atomic E-state index is -0.322. The minimum Gasteiger partial charge on any atom is -0.206 e. The van der Waals surface area contributed by atoms with Gasteiger partial charge < -0.3 is 0 Å². The molecule has 0 bridgehead atoms. The summed E-state index contributed by atoms with van der Waals surface area (Å²) in [6.45, 7) is 1.75. The molecule has 0 fully saturated rings. The molecule has 1 unspecified atom stereocenters. The molecule has 0 amide bonds. The first-order valence-electron chi connectivity index (χ1n) is 5.61. The third kappa shape index (κ3) is 2.86. The van der Waals surface area contributed by atoms with Crippen molar-refractivity contribution in [2.45, 2.75) is 18.7 Å². The van der Waals surface area contributed by atoms with Crippen LogP contribution in [0.3, 0.4) is 0 Å². The Morgan fingerprint density at radius 3 is 2.47 bits per heavy atom. The molecule has 0 N–H and O–H groups in total. The molecule has 0 nitrogen and oxygen atoms in total. The highest BCUT2D eigenvalue weighted by Crippen LogP contribution is 2.28. The van der Waals surface area contributed by atoms with Gasteiger partial charge in [-0.05, 0) is 24.5 Å². The van der Waals surface area contributed by atoms with Gasteiger partial charge in [-0.3, -0.25) is 0 Å². The quantitative estimate of drug-likeness (QED) is 0.694. The summed E-state index contributed by atoms with van der Waals surface area (Å²) in [6, 6.07) is 15.2. The van der Waals surface area contributed by atoms with Gasteiger partial charge in [0, 0.05) is 5.56 Å². The number of hydrogen-bond acceptors (Lipinski definition) is 0. The molecule has 2 aromatic carbocycles. The van der Waals surface area contributed by atoms with Gasteiger partial charge in [0.2, 0.25) is 0 Å². The van der Waals surface area contributed by atoms with Crippen molar-refractivity contribution in [3.8, 4) is 0 Å². The van der Waals surface area contributed by atoms with Crippen LogP contribution in [-0.4, -0.2) is 0 Å². The summed E-state index contributed by atoms with van der Waals surface area (Å²) in [5.41, 5.74) is 2.34. The van der Waals surface area contributed by atoms with Crippen molar-refractivity contribution in [3.05, 3.63) is 71.0 Å². The summed E-state index contributed by atoms with van der Waals surface area (Å²) in [4.78, 5) is 0. The Balaban J connectivity index is 2.20. The van der Waals surface area contributed by atoms with Crippen molar-refractivity contribution in [2.24, 2.45) is 0 Å². The monoisotopic (exact) mass is 248 g/mol. The summed E-state index contributed by atoms with van der Waals surface area (Å²) >= 11 is 6.28. The molecular weight excluding hydrogens is 235 g/mol. The highest BCUT2D eigenvalue weighted by molar-refractivity contribution is 6.20. The fraction of sp³-hybridized carbons (Fsp3) is 0.200. The number of rotatable bonds is 3. The number of aryl methyl sites for hydroxylation is 1. The van der Waals surface area contributed by atoms with E-state index in [9.17, 15) is 4.39 Å². The van der Waals surface area contributed by atoms with Gasteiger partial charge in [-0.15, -0.1) is 11.6 Å². The van der Waals surface area contributed by atoms with Gasteiger partial charge in [0.25, 0.3) is 0 Å². The van der Waals surface area contributed by atoms with Gasteiger partial charge in [0.05, 0.1) is 5.38 Å². The summed E-state index contributed by atoms with van der Waals surface area (Å²) in [5, 5.41) is -0.322. The van der Waals surface area contributed by atoms with E-state index in [1.54, 1.807) is 19.1 Å². The van der Waals surface area contributed by atoms with Crippen molar-refractivity contribution in [1.29, 1.82) is 0 Å². The van der Waals surface area contributed by atoms with Crippen LogP contribution in [0, 0.1) is 12.7 Å². The zero-order chi connectivity index (χ0) is 12.3. The van der Waals surface area contributed by atoms with Crippen LogP contribution in [0.5, 0.6) is 0 Å². The summed E-state index contributed by atoms with van der Waals surface area (Å²) in [5.74, 6) is -0.191. The largest absolute Gasteiger partial charge is 0.206 e. The molecule has 2 aromatic rings. The number of halogens is 2. The third-order valence-corrected chi connectivity index (χ3v) is 3.21. The molecule has 17 heavy (non-hydrogen) atoms. The van der Waals surface area contributed by atoms with Crippen molar-refractivity contribution in [3.63, 3.8) is 0 Å². The van der Waals surface area contributed by atoms with Crippen LogP contribution in [-0.2, 0) is 6.42 Å². The van der Waals surface area contributed by atoms with Crippen LogP contribution in [0.1, 0.15) is 22.1 Å². The Labute approximate surface area is 106 Å². The van der Waals surface area contributed by atoms with E-state index >= 15 is 0 Å². The van der Waals surface area contributed by atoms with Crippen molar-refractivity contribution in [1.82, 2.24) is 0 Å². The van der Waals surface area contributed by atoms with E-state index in [2.05, 4.69) is 0 Å². The van der Waals surface area contributed by atoms with E-state index < -0.39 is 0 Å². The fourth-order valence-corrected chi connectivity index (χ4v) is 2.19. The maximum atomic E-state index is 13.9. The van der Waals surface area contributed by atoms with Crippen LogP contribution in [0.25, 0.3) is 0 Å². The first kappa shape index (κ1) is 12.1. The van der Waals surface area contributed by atoms with E-state index in [4.69, 9.17) is 11.6 Å². The molecule has 0 saturated heterocycles. The van der Waals surface area contributed by atoms with Crippen molar-refractivity contribution < 1.29 is 4.39 Å². The summed E-state index contributed by atoms with van der Waals surface area (Å²) in [6.07, 6.45) is 0.642. The maximum Gasteiger partial charge on any atom is 0.130 e. The molecule has 0 radical (unpaired) electrons. The molecule has 0 aromatic heterocycles. The fourth-order valence-electron chi connectivity index (χ4n) is 1.84. The van der Waals surface area contributed by atoms with Gasteiger partial charge in [0.15, 0.2) is 0 Å². The summed E-state index contributed by atoms with van der Waals surface area (Å²) in [7, 11) is 0. The van der Waals surface area contributed by atoms with Crippen molar-refractivity contribution >= 4 is 11.6 Å². The molecular formula is C15H14ClF. The second-order valence-electron chi connectivity index (χ2n) is 4.14. The predicted octanol–water partition coefficient (Wildman–Crippen LogP) is 4.66. The normalized spacial score (nSPS) is 12.4. The van der Waals surface area contributed by atoms with Gasteiger partial charge in [-0.25, -0.2) is 4.39 Å². The van der Waals surface area contributed by atoms with Gasteiger partial charge >= 0.3 is 0 Å². The molecule has 0 heterocycles. The Hall–Kier alpha value is -1.34. The average molecular weight is 249 g/mol. The lowest BCUT2D eigenvalue weighted by atomic mass is 10.0. The minimum absolute atomic E-state index is 0.191. The lowest BCUT2D eigenvalue weighted by Crippen LogP contribution is -2.00. The second kappa shape index (κ2) is 5.33. The molecule has 2 heteroatoms. The molecule has 0 aliphatic carbocycles. The van der Waals surface area contributed by atoms with Gasteiger partial charge in [0.1, 0.15) is 5.82 Å². The molecule has 0 aliphatic rings. The highest BCUT2D eigenvalue weighted by Gasteiger charge is 2.14. The molecule has 0 aliphatic heterocycles. The van der Waals surface area contributed by atoms with E-state index in [0.29, 0.717) is 17.5 Å². The third-order valence-electron chi connectivity index (χ3n) is 2.82. The smallest absolute Gasteiger partial charge is 0.130 e. The number of hydrogen-bond donors (Lipinski definition) is 0. The SMILES string of the molecule is Cc1cccc(C(Cl)Cc2ccccc2)c1F. The molecule has 0 spiro atoms. The number of benzene rings is 2. The number of alkyl halides is 1. The Bertz CT molecular complexity index is 494.